The molecule has 0 spiro atoms. The predicted octanol–water partition coefficient (Wildman–Crippen LogP) is 0.533. The molecule has 1 atom stereocenters. The number of amides is 1. The molecule has 0 radical (unpaired) electrons. The first-order valence-corrected chi connectivity index (χ1v) is 4.43. The fraction of sp³-hybridized carbons (Fsp3) is 0.700. The van der Waals surface area contributed by atoms with Crippen LogP contribution in [0.3, 0.4) is 0 Å². The summed E-state index contributed by atoms with van der Waals surface area (Å²) >= 11 is 0. The second-order valence-electron chi connectivity index (χ2n) is 3.46. The van der Waals surface area contributed by atoms with Crippen molar-refractivity contribution in [2.24, 2.45) is 5.92 Å². The maximum atomic E-state index is 11.0. The van der Waals surface area contributed by atoms with Gasteiger partial charge in [-0.1, -0.05) is 19.8 Å². The van der Waals surface area contributed by atoms with Crippen molar-refractivity contribution in [1.82, 2.24) is 5.32 Å². The zero-order chi connectivity index (χ0) is 10.3. The first-order chi connectivity index (χ1) is 6.10. The van der Waals surface area contributed by atoms with Crippen LogP contribution in [-0.2, 0) is 4.79 Å². The van der Waals surface area contributed by atoms with E-state index in [1.54, 1.807) is 0 Å². The molecule has 3 nitrogen and oxygen atoms in total. The molecule has 0 heterocycles. The van der Waals surface area contributed by atoms with E-state index in [4.69, 9.17) is 11.5 Å². The van der Waals surface area contributed by atoms with Gasteiger partial charge in [-0.05, 0) is 12.3 Å². The summed E-state index contributed by atoms with van der Waals surface area (Å²) in [7, 11) is 0. The van der Waals surface area contributed by atoms with Crippen molar-refractivity contribution in [3.8, 4) is 12.3 Å². The van der Waals surface area contributed by atoms with E-state index in [9.17, 15) is 4.79 Å². The van der Waals surface area contributed by atoms with E-state index in [2.05, 4.69) is 11.2 Å². The molecule has 0 aliphatic heterocycles. The van der Waals surface area contributed by atoms with Crippen LogP contribution in [-0.4, -0.2) is 23.7 Å². The summed E-state index contributed by atoms with van der Waals surface area (Å²) in [5, 5.41) is 11.6. The third-order valence-electron chi connectivity index (χ3n) is 1.60. The number of terminal acetylenes is 1. The predicted molar refractivity (Wildman–Crippen MR) is 51.9 cm³/mol. The van der Waals surface area contributed by atoms with Gasteiger partial charge in [0.25, 0.3) is 0 Å². The number of rotatable bonds is 5. The summed E-state index contributed by atoms with van der Waals surface area (Å²) in [4.78, 5) is 11.0. The van der Waals surface area contributed by atoms with E-state index in [0.717, 1.165) is 6.42 Å². The first-order valence-electron chi connectivity index (χ1n) is 4.43. The Morgan fingerprint density at radius 1 is 1.62 bits per heavy atom. The monoisotopic (exact) mass is 183 g/mol. The number of aliphatic hydroxyl groups is 1. The largest absolute Gasteiger partial charge is 0.394 e. The van der Waals surface area contributed by atoms with Crippen LogP contribution in [0.15, 0.2) is 0 Å². The standard InChI is InChI=1S/C10H17NO2/c1-4-5-10(13)11-9(7-12)6-8(2)3/h1,8-9,12H,5-7H2,2-3H3,(H,11,13). The Labute approximate surface area is 79.5 Å². The molecule has 0 saturated heterocycles. The third kappa shape index (κ3) is 6.18. The maximum Gasteiger partial charge on any atom is 0.232 e. The van der Waals surface area contributed by atoms with Crippen LogP contribution in [0.2, 0.25) is 0 Å². The van der Waals surface area contributed by atoms with Gasteiger partial charge in [0, 0.05) is 0 Å². The molecule has 0 aliphatic carbocycles. The quantitative estimate of drug-likeness (QED) is 0.611. The van der Waals surface area contributed by atoms with Gasteiger partial charge in [0.05, 0.1) is 19.1 Å². The van der Waals surface area contributed by atoms with Crippen LogP contribution in [0.5, 0.6) is 0 Å². The van der Waals surface area contributed by atoms with Gasteiger partial charge in [-0.25, -0.2) is 0 Å². The Morgan fingerprint density at radius 3 is 2.62 bits per heavy atom. The highest BCUT2D eigenvalue weighted by Gasteiger charge is 2.11. The Kier molecular flexibility index (Phi) is 5.99. The number of nitrogens with one attached hydrogen (secondary N) is 1. The van der Waals surface area contributed by atoms with Crippen molar-refractivity contribution in [2.45, 2.75) is 32.7 Å². The van der Waals surface area contributed by atoms with Gasteiger partial charge in [0.2, 0.25) is 5.91 Å². The van der Waals surface area contributed by atoms with Crippen LogP contribution >= 0.6 is 0 Å². The van der Waals surface area contributed by atoms with Crippen molar-refractivity contribution >= 4 is 5.91 Å². The third-order valence-corrected chi connectivity index (χ3v) is 1.60. The molecule has 0 fully saturated rings. The Bertz CT molecular complexity index is 194. The summed E-state index contributed by atoms with van der Waals surface area (Å²) in [5.74, 6) is 2.51. The topological polar surface area (TPSA) is 49.3 Å². The van der Waals surface area contributed by atoms with Gasteiger partial charge >= 0.3 is 0 Å². The Balaban J connectivity index is 3.84. The van der Waals surface area contributed by atoms with Crippen molar-refractivity contribution in [3.05, 3.63) is 0 Å². The second-order valence-corrected chi connectivity index (χ2v) is 3.46. The van der Waals surface area contributed by atoms with Crippen LogP contribution in [0.25, 0.3) is 0 Å². The normalized spacial score (nSPS) is 12.2. The lowest BCUT2D eigenvalue weighted by atomic mass is 10.0. The number of hydrogen-bond donors (Lipinski definition) is 2. The molecule has 0 aromatic carbocycles. The minimum Gasteiger partial charge on any atom is -0.394 e. The van der Waals surface area contributed by atoms with E-state index < -0.39 is 0 Å². The molecule has 0 aromatic rings. The zero-order valence-corrected chi connectivity index (χ0v) is 8.21. The van der Waals surface area contributed by atoms with E-state index >= 15 is 0 Å². The highest BCUT2D eigenvalue weighted by Crippen LogP contribution is 2.03. The van der Waals surface area contributed by atoms with E-state index in [0.29, 0.717) is 5.92 Å². The van der Waals surface area contributed by atoms with Gasteiger partial charge in [-0.3, -0.25) is 4.79 Å². The lowest BCUT2D eigenvalue weighted by molar-refractivity contribution is -0.121. The zero-order valence-electron chi connectivity index (χ0n) is 8.21. The fourth-order valence-electron chi connectivity index (χ4n) is 1.12. The van der Waals surface area contributed by atoms with Gasteiger partial charge in [-0.2, -0.15) is 0 Å². The molecule has 1 unspecified atom stereocenters. The van der Waals surface area contributed by atoms with Gasteiger partial charge in [-0.15, -0.1) is 6.42 Å². The van der Waals surface area contributed by atoms with E-state index in [1.165, 1.54) is 0 Å². The average Bonchev–Trinajstić information content (AvgIpc) is 2.02. The minimum atomic E-state index is -0.192. The smallest absolute Gasteiger partial charge is 0.232 e. The van der Waals surface area contributed by atoms with Crippen molar-refractivity contribution < 1.29 is 9.90 Å². The molecule has 13 heavy (non-hydrogen) atoms. The number of aliphatic hydroxyl groups excluding tert-OH is 1. The molecule has 3 heteroatoms. The molecule has 74 valence electrons. The van der Waals surface area contributed by atoms with Crippen molar-refractivity contribution in [1.29, 1.82) is 0 Å². The summed E-state index contributed by atoms with van der Waals surface area (Å²) in [6.07, 6.45) is 5.82. The van der Waals surface area contributed by atoms with E-state index in [1.807, 2.05) is 13.8 Å². The first kappa shape index (κ1) is 12.0. The molecular weight excluding hydrogens is 166 g/mol. The van der Waals surface area contributed by atoms with Gasteiger partial charge < -0.3 is 10.4 Å². The second kappa shape index (κ2) is 6.50. The number of carbonyl (C=O) groups is 1. The molecule has 0 aromatic heterocycles. The van der Waals surface area contributed by atoms with Crippen molar-refractivity contribution in [2.75, 3.05) is 6.61 Å². The summed E-state index contributed by atoms with van der Waals surface area (Å²) in [6, 6.07) is -0.166. The van der Waals surface area contributed by atoms with Crippen LogP contribution in [0.1, 0.15) is 26.7 Å². The van der Waals surface area contributed by atoms with Crippen molar-refractivity contribution in [3.63, 3.8) is 0 Å². The lowest BCUT2D eigenvalue weighted by Gasteiger charge is -2.17. The molecule has 0 rings (SSSR count). The Hall–Kier alpha value is -1.01. The van der Waals surface area contributed by atoms with Crippen LogP contribution in [0.4, 0.5) is 0 Å². The average molecular weight is 183 g/mol. The molecule has 0 aliphatic rings. The molecule has 0 saturated carbocycles. The highest BCUT2D eigenvalue weighted by atomic mass is 16.3. The van der Waals surface area contributed by atoms with E-state index in [-0.39, 0.29) is 25.0 Å². The van der Waals surface area contributed by atoms with Crippen LogP contribution < -0.4 is 5.32 Å². The number of carbonyl (C=O) groups excluding carboxylic acids is 1. The molecule has 1 amide bonds. The summed E-state index contributed by atoms with van der Waals surface area (Å²) < 4.78 is 0. The lowest BCUT2D eigenvalue weighted by Crippen LogP contribution is -2.38. The molecular formula is C10H17NO2. The van der Waals surface area contributed by atoms with Gasteiger partial charge in [0.1, 0.15) is 0 Å². The summed E-state index contributed by atoms with van der Waals surface area (Å²) in [6.45, 7) is 4.04. The Morgan fingerprint density at radius 2 is 2.23 bits per heavy atom. The summed E-state index contributed by atoms with van der Waals surface area (Å²) in [5.41, 5.74) is 0. The fourth-order valence-corrected chi connectivity index (χ4v) is 1.12. The number of hydrogen-bond acceptors (Lipinski definition) is 2. The minimum absolute atomic E-state index is 0.0332. The molecule has 0 bridgehead atoms. The SMILES string of the molecule is C#CCC(=O)NC(CO)CC(C)C. The highest BCUT2D eigenvalue weighted by molar-refractivity contribution is 5.78. The van der Waals surface area contributed by atoms with Gasteiger partial charge in [0.15, 0.2) is 0 Å². The van der Waals surface area contributed by atoms with Crippen LogP contribution in [0, 0.1) is 18.3 Å². The maximum absolute atomic E-state index is 11.0. The molecule has 2 N–H and O–H groups in total.